The van der Waals surface area contributed by atoms with E-state index in [1.54, 1.807) is 31.2 Å². The van der Waals surface area contributed by atoms with Crippen LogP contribution in [0.15, 0.2) is 68.8 Å². The number of hydrogen-bond donors (Lipinski definition) is 1. The first kappa shape index (κ1) is 21.7. The molecule has 1 unspecified atom stereocenters. The number of hydrogen-bond acceptors (Lipinski definition) is 6. The van der Waals surface area contributed by atoms with Gasteiger partial charge in [-0.2, -0.15) is 28.8 Å². The number of rotatable bonds is 4. The van der Waals surface area contributed by atoms with Gasteiger partial charge in [-0.1, -0.05) is 29.8 Å². The van der Waals surface area contributed by atoms with Gasteiger partial charge in [-0.05, 0) is 37.3 Å². The van der Waals surface area contributed by atoms with Crippen LogP contribution < -0.4 is 5.01 Å². The van der Waals surface area contributed by atoms with E-state index in [9.17, 15) is 17.8 Å². The van der Waals surface area contributed by atoms with Crippen LogP contribution in [0.1, 0.15) is 6.92 Å². The Morgan fingerprint density at radius 3 is 2.48 bits per heavy atom. The second kappa shape index (κ2) is 8.59. The van der Waals surface area contributed by atoms with E-state index >= 15 is 0 Å². The van der Waals surface area contributed by atoms with E-state index in [0.717, 1.165) is 17.1 Å². The van der Waals surface area contributed by atoms with Crippen LogP contribution in [-0.4, -0.2) is 60.2 Å². The van der Waals surface area contributed by atoms with Crippen molar-refractivity contribution in [3.05, 3.63) is 53.6 Å². The number of hydrazone groups is 1. The van der Waals surface area contributed by atoms with Crippen LogP contribution in [0, 0.1) is 0 Å². The van der Waals surface area contributed by atoms with Crippen LogP contribution in [0.5, 0.6) is 0 Å². The van der Waals surface area contributed by atoms with E-state index in [1.165, 1.54) is 6.07 Å². The molecule has 2 aromatic carbocycles. The molecular formula is C16H13ClN4NaO4S. The average molecular weight is 416 g/mol. The van der Waals surface area contributed by atoms with E-state index in [-0.39, 0.29) is 40.3 Å². The minimum absolute atomic E-state index is 0. The summed E-state index contributed by atoms with van der Waals surface area (Å²) in [6.07, 6.45) is 0. The average Bonchev–Trinajstić information content (AvgIpc) is 2.87. The third-order valence-corrected chi connectivity index (χ3v) is 4.75. The Kier molecular flexibility index (Phi) is 6.90. The van der Waals surface area contributed by atoms with Crippen molar-refractivity contribution in [1.29, 1.82) is 0 Å². The molecule has 1 heterocycles. The molecule has 1 aliphatic rings. The third-order valence-electron chi connectivity index (χ3n) is 3.58. The molecule has 1 N–H and O–H groups in total. The molecule has 0 fully saturated rings. The fourth-order valence-corrected chi connectivity index (χ4v) is 2.99. The van der Waals surface area contributed by atoms with E-state index in [4.69, 9.17) is 11.6 Å². The Morgan fingerprint density at radius 2 is 1.85 bits per heavy atom. The maximum atomic E-state index is 12.6. The molecule has 2 aromatic rings. The molecule has 1 amide bonds. The molecule has 0 bridgehead atoms. The van der Waals surface area contributed by atoms with Crippen molar-refractivity contribution in [3.63, 3.8) is 0 Å². The van der Waals surface area contributed by atoms with Crippen LogP contribution in [0.2, 0.25) is 5.02 Å². The Labute approximate surface area is 183 Å². The number of carbonyl (C=O) groups is 1. The first-order valence-electron chi connectivity index (χ1n) is 7.39. The van der Waals surface area contributed by atoms with Crippen molar-refractivity contribution in [2.45, 2.75) is 17.9 Å². The van der Waals surface area contributed by atoms with Crippen molar-refractivity contribution in [1.82, 2.24) is 0 Å². The predicted molar refractivity (Wildman–Crippen MR) is 102 cm³/mol. The molecule has 0 saturated heterocycles. The van der Waals surface area contributed by atoms with Gasteiger partial charge in [0.1, 0.15) is 0 Å². The molecule has 1 atom stereocenters. The fraction of sp³-hybridized carbons (Fsp3) is 0.125. The zero-order valence-corrected chi connectivity index (χ0v) is 18.0. The topological polar surface area (TPSA) is 112 Å². The maximum absolute atomic E-state index is 12.6. The molecule has 0 aliphatic carbocycles. The van der Waals surface area contributed by atoms with E-state index in [2.05, 4.69) is 15.3 Å². The largest absolute Gasteiger partial charge is 0.294 e. The molecule has 8 nitrogen and oxygen atoms in total. The molecule has 0 saturated carbocycles. The monoisotopic (exact) mass is 415 g/mol. The van der Waals surface area contributed by atoms with Crippen LogP contribution in [0.25, 0.3) is 0 Å². The first-order chi connectivity index (χ1) is 12.3. The number of anilines is 1. The van der Waals surface area contributed by atoms with Gasteiger partial charge in [0.25, 0.3) is 16.0 Å². The standard InChI is InChI=1S/C16H13ClN4O4S.Na/c1-10-15(19-18-11-5-3-2-4-6-11)16(22)21(20-10)14-9-12(26(23,24)25)7-8-13(14)17;/h2-9,15H,1H3,(H,23,24,25);. The minimum Gasteiger partial charge on any atom is -0.282 e. The Hall–Kier alpha value is -1.62. The normalized spacial score (nSPS) is 17.1. The van der Waals surface area contributed by atoms with E-state index in [0.29, 0.717) is 11.4 Å². The smallest absolute Gasteiger partial charge is 0.282 e. The second-order valence-electron chi connectivity index (χ2n) is 5.43. The predicted octanol–water partition coefficient (Wildman–Crippen LogP) is 3.08. The first-order valence-corrected chi connectivity index (χ1v) is 9.21. The van der Waals surface area contributed by atoms with Crippen LogP contribution in [0.3, 0.4) is 0 Å². The van der Waals surface area contributed by atoms with Gasteiger partial charge >= 0.3 is 0 Å². The summed E-state index contributed by atoms with van der Waals surface area (Å²) in [6, 6.07) is 11.4. The SMILES string of the molecule is CC1=NN(c2cc(S(=O)(=O)O)ccc2Cl)C(=O)C1N=Nc1ccccc1.[Na]. The summed E-state index contributed by atoms with van der Waals surface area (Å²) in [5, 5.41) is 13.2. The maximum Gasteiger partial charge on any atom is 0.294 e. The molecule has 3 rings (SSSR count). The fourth-order valence-electron chi connectivity index (χ4n) is 2.30. The molecular weight excluding hydrogens is 403 g/mol. The Morgan fingerprint density at radius 1 is 1.19 bits per heavy atom. The van der Waals surface area contributed by atoms with Gasteiger partial charge in [-0.3, -0.25) is 9.35 Å². The van der Waals surface area contributed by atoms with Crippen LogP contribution in [0.4, 0.5) is 11.4 Å². The van der Waals surface area contributed by atoms with Crippen molar-refractivity contribution in [2.75, 3.05) is 5.01 Å². The van der Waals surface area contributed by atoms with E-state index in [1.807, 2.05) is 6.07 Å². The van der Waals surface area contributed by atoms with Crippen molar-refractivity contribution in [2.24, 2.45) is 15.3 Å². The second-order valence-corrected chi connectivity index (χ2v) is 7.26. The molecule has 1 radical (unpaired) electrons. The summed E-state index contributed by atoms with van der Waals surface area (Å²) in [5.41, 5.74) is 0.990. The van der Waals surface area contributed by atoms with Crippen molar-refractivity contribution in [3.8, 4) is 0 Å². The molecule has 27 heavy (non-hydrogen) atoms. The quantitative estimate of drug-likeness (QED) is 0.469. The van der Waals surface area contributed by atoms with Gasteiger partial charge in [0.05, 0.1) is 27.0 Å². The summed E-state index contributed by atoms with van der Waals surface area (Å²) in [4.78, 5) is 12.2. The van der Waals surface area contributed by atoms with Crippen molar-refractivity contribution >= 4 is 74.3 Å². The summed E-state index contributed by atoms with van der Waals surface area (Å²) in [6.45, 7) is 1.60. The molecule has 11 heteroatoms. The molecule has 0 aromatic heterocycles. The zero-order valence-electron chi connectivity index (χ0n) is 14.4. The number of nitrogens with zero attached hydrogens (tertiary/aromatic N) is 4. The van der Waals surface area contributed by atoms with Crippen molar-refractivity contribution < 1.29 is 17.8 Å². The van der Waals surface area contributed by atoms with Gasteiger partial charge < -0.3 is 0 Å². The zero-order chi connectivity index (χ0) is 18.9. The minimum atomic E-state index is -4.45. The van der Waals surface area contributed by atoms with Gasteiger partial charge in [-0.15, -0.1) is 0 Å². The van der Waals surface area contributed by atoms with Gasteiger partial charge in [0.15, 0.2) is 6.04 Å². The number of carbonyl (C=O) groups excluding carboxylic acids is 1. The Bertz CT molecular complexity index is 1030. The van der Waals surface area contributed by atoms with Crippen LogP contribution >= 0.6 is 11.6 Å². The van der Waals surface area contributed by atoms with Gasteiger partial charge in [-0.25, -0.2) is 0 Å². The van der Waals surface area contributed by atoms with Gasteiger partial charge in [0.2, 0.25) is 0 Å². The summed E-state index contributed by atoms with van der Waals surface area (Å²) in [7, 11) is -4.45. The third kappa shape index (κ3) is 4.81. The number of amides is 1. The summed E-state index contributed by atoms with van der Waals surface area (Å²) < 4.78 is 31.8. The molecule has 135 valence electrons. The molecule has 0 spiro atoms. The number of benzene rings is 2. The van der Waals surface area contributed by atoms with Gasteiger partial charge in [0, 0.05) is 29.6 Å². The Balaban J connectivity index is 0.00000261. The number of halogens is 1. The summed E-state index contributed by atoms with van der Waals surface area (Å²) in [5.74, 6) is -0.531. The number of azo groups is 1. The molecule has 1 aliphatic heterocycles. The van der Waals surface area contributed by atoms with Crippen LogP contribution in [-0.2, 0) is 14.9 Å². The summed E-state index contributed by atoms with van der Waals surface area (Å²) >= 11 is 6.07. The van der Waals surface area contributed by atoms with E-state index < -0.39 is 27.0 Å².